The topological polar surface area (TPSA) is 137 Å². The molecule has 3 aromatic carbocycles. The highest BCUT2D eigenvalue weighted by molar-refractivity contribution is 6.00. The lowest BCUT2D eigenvalue weighted by molar-refractivity contribution is 0.0952. The summed E-state index contributed by atoms with van der Waals surface area (Å²) < 4.78 is 5.50. The van der Waals surface area contributed by atoms with Crippen LogP contribution in [-0.4, -0.2) is 85.3 Å². The predicted octanol–water partition coefficient (Wildman–Crippen LogP) is 4.95. The number of hydrogen-bond acceptors (Lipinski definition) is 9. The number of carbonyl (C=O) groups excluding carboxylic acids is 2. The van der Waals surface area contributed by atoms with Crippen LogP contribution >= 0.6 is 0 Å². The van der Waals surface area contributed by atoms with Crippen LogP contribution in [0.15, 0.2) is 78.9 Å². The van der Waals surface area contributed by atoms with E-state index in [0.29, 0.717) is 67.5 Å². The van der Waals surface area contributed by atoms with Crippen molar-refractivity contribution in [3.05, 3.63) is 95.8 Å². The number of nitrogens with one attached hydrogen (secondary N) is 4. The van der Waals surface area contributed by atoms with Crippen LogP contribution in [0.1, 0.15) is 28.2 Å². The van der Waals surface area contributed by atoms with Gasteiger partial charge >= 0.3 is 6.03 Å². The first-order valence-corrected chi connectivity index (χ1v) is 15.2. The Morgan fingerprint density at radius 1 is 0.826 bits per heavy atom. The number of hydrogen-bond donors (Lipinski definition) is 4. The van der Waals surface area contributed by atoms with Gasteiger partial charge in [0.05, 0.1) is 13.2 Å². The molecule has 0 bridgehead atoms. The Hall–Kier alpha value is -5.33. The Labute approximate surface area is 268 Å². The molecular formula is C34H39N9O3. The van der Waals surface area contributed by atoms with Crippen LogP contribution in [0.4, 0.5) is 33.8 Å². The minimum Gasteiger partial charge on any atom is -0.378 e. The third kappa shape index (κ3) is 9.84. The highest BCUT2D eigenvalue weighted by Gasteiger charge is 2.16. The van der Waals surface area contributed by atoms with Crippen molar-refractivity contribution >= 4 is 53.0 Å². The number of morpholine rings is 1. The van der Waals surface area contributed by atoms with Crippen LogP contribution in [0.5, 0.6) is 0 Å². The van der Waals surface area contributed by atoms with Crippen molar-refractivity contribution < 1.29 is 14.3 Å². The summed E-state index contributed by atoms with van der Waals surface area (Å²) >= 11 is 0. The quantitative estimate of drug-likeness (QED) is 0.162. The molecule has 12 nitrogen and oxygen atoms in total. The van der Waals surface area contributed by atoms with E-state index in [1.165, 1.54) is 0 Å². The van der Waals surface area contributed by atoms with Crippen molar-refractivity contribution in [2.45, 2.75) is 6.42 Å². The van der Waals surface area contributed by atoms with Crippen molar-refractivity contribution in [2.75, 3.05) is 74.3 Å². The van der Waals surface area contributed by atoms with Gasteiger partial charge < -0.3 is 35.8 Å². The van der Waals surface area contributed by atoms with Gasteiger partial charge in [-0.2, -0.15) is 15.0 Å². The number of aromatic nitrogens is 3. The molecule has 12 heteroatoms. The Balaban J connectivity index is 1.17. The number of carbonyl (C=O) groups is 2. The van der Waals surface area contributed by atoms with Crippen LogP contribution in [0.2, 0.25) is 0 Å². The van der Waals surface area contributed by atoms with Crippen molar-refractivity contribution in [1.29, 1.82) is 0 Å². The summed E-state index contributed by atoms with van der Waals surface area (Å²) in [7, 11) is 4.00. The Morgan fingerprint density at radius 3 is 2.15 bits per heavy atom. The smallest absolute Gasteiger partial charge is 0.323 e. The first-order valence-electron chi connectivity index (χ1n) is 15.2. The summed E-state index contributed by atoms with van der Waals surface area (Å²) in [5, 5.41) is 11.8. The lowest BCUT2D eigenvalue weighted by Gasteiger charge is -2.27. The molecule has 4 aromatic rings. The molecule has 1 saturated heterocycles. The van der Waals surface area contributed by atoms with E-state index in [1.807, 2.05) is 68.7 Å². The molecule has 0 atom stereocenters. The second kappa shape index (κ2) is 16.1. The van der Waals surface area contributed by atoms with E-state index in [2.05, 4.69) is 46.0 Å². The van der Waals surface area contributed by atoms with Crippen LogP contribution in [0.25, 0.3) is 12.2 Å². The molecule has 0 unspecified atom stereocenters. The van der Waals surface area contributed by atoms with Crippen molar-refractivity contribution in [2.24, 2.45) is 0 Å². The number of benzene rings is 3. The molecule has 1 aliphatic heterocycles. The minimum absolute atomic E-state index is 0.141. The summed E-state index contributed by atoms with van der Waals surface area (Å²) in [6.07, 6.45) is 4.71. The molecule has 0 saturated carbocycles. The van der Waals surface area contributed by atoms with Gasteiger partial charge in [0.2, 0.25) is 11.9 Å². The molecule has 0 spiro atoms. The van der Waals surface area contributed by atoms with Gasteiger partial charge in [0.15, 0.2) is 5.82 Å². The van der Waals surface area contributed by atoms with Gasteiger partial charge in [-0.15, -0.1) is 0 Å². The van der Waals surface area contributed by atoms with Gasteiger partial charge in [0.25, 0.3) is 5.91 Å². The summed E-state index contributed by atoms with van der Waals surface area (Å²) in [6.45, 7) is 4.14. The fraction of sp³-hybridized carbons (Fsp3) is 0.265. The molecule has 0 aliphatic carbocycles. The average Bonchev–Trinajstić information content (AvgIpc) is 3.07. The summed E-state index contributed by atoms with van der Waals surface area (Å²) in [5.74, 6) is 1.38. The number of ether oxygens (including phenoxy) is 1. The van der Waals surface area contributed by atoms with Gasteiger partial charge in [0, 0.05) is 42.3 Å². The van der Waals surface area contributed by atoms with Crippen LogP contribution in [0, 0.1) is 0 Å². The average molecular weight is 622 g/mol. The maximum atomic E-state index is 12.6. The number of rotatable bonds is 12. The van der Waals surface area contributed by atoms with E-state index < -0.39 is 6.03 Å². The second-order valence-corrected chi connectivity index (χ2v) is 10.9. The summed E-state index contributed by atoms with van der Waals surface area (Å²) in [4.78, 5) is 43.1. The number of amides is 3. The molecule has 4 N–H and O–H groups in total. The third-order valence-electron chi connectivity index (χ3n) is 7.03. The molecule has 1 aromatic heterocycles. The SMILES string of the molecule is CN(C)CCCNC(=O)c1ccc(NC(=O)Nc2ccc(Nc3nc(/C=C/c4ccccc4)nc(N4CCOCC4)n3)cc2)cc1. The predicted molar refractivity (Wildman–Crippen MR) is 183 cm³/mol. The molecule has 238 valence electrons. The number of nitrogens with zero attached hydrogens (tertiary/aromatic N) is 5. The summed E-state index contributed by atoms with van der Waals surface area (Å²) in [6, 6.07) is 23.6. The molecule has 0 radical (unpaired) electrons. The maximum Gasteiger partial charge on any atom is 0.323 e. The normalized spacial score (nSPS) is 13.1. The van der Waals surface area contributed by atoms with E-state index in [-0.39, 0.29) is 5.91 Å². The van der Waals surface area contributed by atoms with E-state index in [9.17, 15) is 9.59 Å². The summed E-state index contributed by atoms with van der Waals surface area (Å²) in [5.41, 5.74) is 3.51. The highest BCUT2D eigenvalue weighted by Crippen LogP contribution is 2.20. The van der Waals surface area contributed by atoms with Crippen molar-refractivity contribution in [1.82, 2.24) is 25.2 Å². The molecule has 1 aliphatic rings. The molecule has 1 fully saturated rings. The highest BCUT2D eigenvalue weighted by atomic mass is 16.5. The zero-order chi connectivity index (χ0) is 32.1. The lowest BCUT2D eigenvalue weighted by Crippen LogP contribution is -2.37. The van der Waals surface area contributed by atoms with Gasteiger partial charge in [-0.25, -0.2) is 4.79 Å². The van der Waals surface area contributed by atoms with Crippen LogP contribution in [-0.2, 0) is 4.74 Å². The molecule has 3 amide bonds. The molecule has 5 rings (SSSR count). The first-order chi connectivity index (χ1) is 22.4. The Morgan fingerprint density at radius 2 is 1.48 bits per heavy atom. The third-order valence-corrected chi connectivity index (χ3v) is 7.03. The fourth-order valence-electron chi connectivity index (χ4n) is 4.61. The fourth-order valence-corrected chi connectivity index (χ4v) is 4.61. The largest absolute Gasteiger partial charge is 0.378 e. The molecule has 2 heterocycles. The minimum atomic E-state index is -0.399. The van der Waals surface area contributed by atoms with Crippen LogP contribution in [0.3, 0.4) is 0 Å². The van der Waals surface area contributed by atoms with Crippen LogP contribution < -0.4 is 26.2 Å². The van der Waals surface area contributed by atoms with Gasteiger partial charge in [-0.1, -0.05) is 36.4 Å². The van der Waals surface area contributed by atoms with E-state index in [0.717, 1.165) is 24.2 Å². The first kappa shape index (κ1) is 32.1. The zero-order valence-corrected chi connectivity index (χ0v) is 26.1. The Kier molecular flexibility index (Phi) is 11.2. The molecular weight excluding hydrogens is 582 g/mol. The maximum absolute atomic E-state index is 12.6. The van der Waals surface area contributed by atoms with Gasteiger partial charge in [0.1, 0.15) is 0 Å². The zero-order valence-electron chi connectivity index (χ0n) is 26.1. The van der Waals surface area contributed by atoms with Gasteiger partial charge in [-0.3, -0.25) is 4.79 Å². The van der Waals surface area contributed by atoms with Crippen molar-refractivity contribution in [3.63, 3.8) is 0 Å². The molecule has 46 heavy (non-hydrogen) atoms. The van der Waals surface area contributed by atoms with Gasteiger partial charge in [-0.05, 0) is 87.2 Å². The number of urea groups is 1. The van der Waals surface area contributed by atoms with Crippen molar-refractivity contribution in [3.8, 4) is 0 Å². The number of anilines is 5. The van der Waals surface area contributed by atoms with E-state index in [4.69, 9.17) is 4.74 Å². The second-order valence-electron chi connectivity index (χ2n) is 10.9. The standard InChI is InChI=1S/C34H39N9O3/c1-42(2)20-6-19-35-31(44)26-10-12-28(13-11-26)37-34(45)38-29-16-14-27(15-17-29)36-32-39-30(18-9-25-7-4-3-5-8-25)40-33(41-32)43-21-23-46-24-22-43/h3-5,7-18H,6,19-24H2,1-2H3,(H,35,44)(H2,37,38,45)(H,36,39,40,41)/b18-9+. The van der Waals surface area contributed by atoms with E-state index in [1.54, 1.807) is 36.4 Å². The Bertz CT molecular complexity index is 1610. The van der Waals surface area contributed by atoms with E-state index >= 15 is 0 Å². The lowest BCUT2D eigenvalue weighted by atomic mass is 10.2. The monoisotopic (exact) mass is 621 g/mol.